The normalized spacial score (nSPS) is 16.9. The number of amides is 3. The van der Waals surface area contributed by atoms with Gasteiger partial charge in [-0.05, 0) is 56.0 Å². The highest BCUT2D eigenvalue weighted by Crippen LogP contribution is 2.36. The molecule has 8 nitrogen and oxygen atoms in total. The van der Waals surface area contributed by atoms with Crippen molar-refractivity contribution >= 4 is 51.9 Å². The van der Waals surface area contributed by atoms with Crippen molar-refractivity contribution < 1.29 is 14.4 Å². The monoisotopic (exact) mass is 519 g/mol. The lowest BCUT2D eigenvalue weighted by atomic mass is 10.1. The molecule has 2 aromatic carbocycles. The Hall–Kier alpha value is -3.46. The molecule has 0 saturated carbocycles. The van der Waals surface area contributed by atoms with Gasteiger partial charge in [0.25, 0.3) is 5.91 Å². The highest BCUT2D eigenvalue weighted by Gasteiger charge is 2.42. The van der Waals surface area contributed by atoms with Crippen LogP contribution in [0.25, 0.3) is 0 Å². The van der Waals surface area contributed by atoms with Gasteiger partial charge >= 0.3 is 0 Å². The first-order valence-electron chi connectivity index (χ1n) is 12.8. The highest BCUT2D eigenvalue weighted by atomic mass is 32.2. The molecule has 2 aromatic rings. The summed E-state index contributed by atoms with van der Waals surface area (Å²) in [6.45, 7) is 6.62. The van der Waals surface area contributed by atoms with Gasteiger partial charge in [0.05, 0.1) is 10.9 Å². The molecule has 0 aromatic heterocycles. The average molecular weight is 520 g/mol. The van der Waals surface area contributed by atoms with Crippen molar-refractivity contribution in [2.75, 3.05) is 11.9 Å². The molecule has 2 atom stereocenters. The molecule has 2 heterocycles. The minimum Gasteiger partial charge on any atom is -0.356 e. The first-order chi connectivity index (χ1) is 17.9. The van der Waals surface area contributed by atoms with E-state index < -0.39 is 11.3 Å². The number of benzene rings is 2. The Kier molecular flexibility index (Phi) is 8.76. The quantitative estimate of drug-likeness (QED) is 0.440. The molecule has 0 saturated heterocycles. The van der Waals surface area contributed by atoms with Gasteiger partial charge in [-0.25, -0.2) is 9.89 Å². The van der Waals surface area contributed by atoms with E-state index in [4.69, 9.17) is 9.98 Å². The summed E-state index contributed by atoms with van der Waals surface area (Å²) >= 11 is 1.26. The van der Waals surface area contributed by atoms with Gasteiger partial charge in [-0.3, -0.25) is 19.4 Å². The molecule has 2 aliphatic heterocycles. The maximum atomic E-state index is 13.5. The maximum Gasteiger partial charge on any atom is 0.259 e. The first-order valence-corrected chi connectivity index (χ1v) is 13.7. The lowest BCUT2D eigenvalue weighted by Crippen LogP contribution is -2.42. The van der Waals surface area contributed by atoms with Gasteiger partial charge in [0.1, 0.15) is 11.9 Å². The third-order valence-corrected chi connectivity index (χ3v) is 7.56. The molecule has 4 rings (SSSR count). The number of para-hydroxylation sites is 1. The fraction of sp³-hybridized carbons (Fsp3) is 0.393. The number of nitrogens with one attached hydrogen (secondary N) is 2. The second kappa shape index (κ2) is 12.2. The van der Waals surface area contributed by atoms with Crippen molar-refractivity contribution in [2.24, 2.45) is 9.98 Å². The minimum atomic E-state index is -0.662. The lowest BCUT2D eigenvalue weighted by molar-refractivity contribution is -0.125. The Morgan fingerprint density at radius 1 is 1.14 bits per heavy atom. The van der Waals surface area contributed by atoms with Gasteiger partial charge in [0.2, 0.25) is 11.8 Å². The molecular weight excluding hydrogens is 486 g/mol. The summed E-state index contributed by atoms with van der Waals surface area (Å²) in [5.41, 5.74) is 3.27. The predicted molar refractivity (Wildman–Crippen MR) is 149 cm³/mol. The van der Waals surface area contributed by atoms with Gasteiger partial charge in [-0.15, -0.1) is 0 Å². The maximum absolute atomic E-state index is 13.5. The van der Waals surface area contributed by atoms with Crippen LogP contribution in [0, 0.1) is 6.92 Å². The molecule has 0 bridgehead atoms. The van der Waals surface area contributed by atoms with E-state index in [0.717, 1.165) is 29.7 Å². The van der Waals surface area contributed by atoms with Crippen LogP contribution in [0.2, 0.25) is 0 Å². The van der Waals surface area contributed by atoms with Gasteiger partial charge < -0.3 is 10.6 Å². The van der Waals surface area contributed by atoms with Gasteiger partial charge in [-0.1, -0.05) is 56.3 Å². The SMILES string of the molecule is CCCCNC(=O)CC[C@H]1N=C2c3ccccc3N=C(S[C@H](CC)C(=O)Nc3cccc(C)c3)N2C1=O. The Balaban J connectivity index is 1.52. The second-order valence-corrected chi connectivity index (χ2v) is 10.3. The van der Waals surface area contributed by atoms with Crippen LogP contribution in [0.5, 0.6) is 0 Å². The van der Waals surface area contributed by atoms with E-state index >= 15 is 0 Å². The first kappa shape index (κ1) is 26.6. The largest absolute Gasteiger partial charge is 0.356 e. The van der Waals surface area contributed by atoms with Gasteiger partial charge in [0.15, 0.2) is 5.17 Å². The smallest absolute Gasteiger partial charge is 0.259 e. The van der Waals surface area contributed by atoms with E-state index in [0.29, 0.717) is 36.1 Å². The van der Waals surface area contributed by atoms with Crippen molar-refractivity contribution in [3.05, 3.63) is 59.7 Å². The number of unbranched alkanes of at least 4 members (excludes halogenated alkanes) is 1. The number of thioether (sulfide) groups is 1. The summed E-state index contributed by atoms with van der Waals surface area (Å²) < 4.78 is 0. The summed E-state index contributed by atoms with van der Waals surface area (Å²) in [5, 5.41) is 5.85. The number of aryl methyl sites for hydroxylation is 1. The van der Waals surface area contributed by atoms with E-state index in [1.54, 1.807) is 0 Å². The average Bonchev–Trinajstić information content (AvgIpc) is 3.22. The molecule has 2 N–H and O–H groups in total. The Bertz CT molecular complexity index is 1240. The number of anilines is 1. The van der Waals surface area contributed by atoms with E-state index in [2.05, 4.69) is 17.6 Å². The fourth-order valence-electron chi connectivity index (χ4n) is 4.23. The van der Waals surface area contributed by atoms with E-state index in [-0.39, 0.29) is 24.1 Å². The van der Waals surface area contributed by atoms with Crippen molar-refractivity contribution in [2.45, 2.75) is 64.2 Å². The molecule has 194 valence electrons. The Morgan fingerprint density at radius 3 is 2.70 bits per heavy atom. The number of aliphatic imine (C=N–C) groups is 2. The number of amidine groups is 2. The van der Waals surface area contributed by atoms with Crippen LogP contribution in [0.15, 0.2) is 58.5 Å². The van der Waals surface area contributed by atoms with Crippen LogP contribution < -0.4 is 10.6 Å². The lowest BCUT2D eigenvalue weighted by Gasteiger charge is -2.27. The number of rotatable bonds is 10. The summed E-state index contributed by atoms with van der Waals surface area (Å²) in [5.74, 6) is 0.0911. The molecule has 0 aliphatic carbocycles. The molecule has 37 heavy (non-hydrogen) atoms. The number of carbonyl (C=O) groups is 3. The van der Waals surface area contributed by atoms with Crippen molar-refractivity contribution in [1.82, 2.24) is 10.2 Å². The van der Waals surface area contributed by atoms with Crippen molar-refractivity contribution in [3.8, 4) is 0 Å². The van der Waals surface area contributed by atoms with Crippen LogP contribution in [0.3, 0.4) is 0 Å². The summed E-state index contributed by atoms with van der Waals surface area (Å²) in [7, 11) is 0. The predicted octanol–water partition coefficient (Wildman–Crippen LogP) is 4.80. The molecule has 0 unspecified atom stereocenters. The standard InChI is InChI=1S/C28H33N5O3S/c1-4-6-16-29-24(34)15-14-22-27(36)33-25(31-22)20-12-7-8-13-21(20)32-28(33)37-23(5-2)26(35)30-19-11-9-10-18(3)17-19/h7-13,17,22-23H,4-6,14-16H2,1-3H3,(H,29,34)(H,30,35)/t22-,23-/m1/s1. The summed E-state index contributed by atoms with van der Waals surface area (Å²) in [4.78, 5) is 49.9. The second-order valence-electron chi connectivity index (χ2n) is 9.17. The van der Waals surface area contributed by atoms with Crippen LogP contribution >= 0.6 is 11.8 Å². The zero-order chi connectivity index (χ0) is 26.4. The minimum absolute atomic E-state index is 0.0751. The Morgan fingerprint density at radius 2 is 1.95 bits per heavy atom. The Labute approximate surface area is 222 Å². The highest BCUT2D eigenvalue weighted by molar-refractivity contribution is 8.15. The van der Waals surface area contributed by atoms with Gasteiger partial charge in [0, 0.05) is 24.2 Å². The molecule has 9 heteroatoms. The number of carbonyl (C=O) groups excluding carboxylic acids is 3. The van der Waals surface area contributed by atoms with E-state index in [1.165, 1.54) is 16.7 Å². The number of hydrogen-bond donors (Lipinski definition) is 2. The van der Waals surface area contributed by atoms with Crippen molar-refractivity contribution in [1.29, 1.82) is 0 Å². The van der Waals surface area contributed by atoms with E-state index in [1.807, 2.05) is 62.4 Å². The van der Waals surface area contributed by atoms with Crippen molar-refractivity contribution in [3.63, 3.8) is 0 Å². The van der Waals surface area contributed by atoms with E-state index in [9.17, 15) is 14.4 Å². The van der Waals surface area contributed by atoms with Crippen LogP contribution in [-0.2, 0) is 14.4 Å². The van der Waals surface area contributed by atoms with Crippen LogP contribution in [-0.4, -0.2) is 51.5 Å². The number of hydrogen-bond acceptors (Lipinski definition) is 6. The summed E-state index contributed by atoms with van der Waals surface area (Å²) in [6, 6.07) is 14.5. The molecular formula is C28H33N5O3S. The zero-order valence-corrected chi connectivity index (χ0v) is 22.3. The molecule has 0 radical (unpaired) electrons. The third kappa shape index (κ3) is 6.28. The topological polar surface area (TPSA) is 103 Å². The molecule has 0 fully saturated rings. The fourth-order valence-corrected chi connectivity index (χ4v) is 5.25. The third-order valence-electron chi connectivity index (χ3n) is 6.24. The molecule has 2 aliphatic rings. The summed E-state index contributed by atoms with van der Waals surface area (Å²) in [6.07, 6.45) is 3.03. The number of fused-ring (bicyclic) bond motifs is 3. The number of nitrogens with zero attached hydrogens (tertiary/aromatic N) is 3. The molecule has 0 spiro atoms. The zero-order valence-electron chi connectivity index (χ0n) is 21.5. The molecule has 3 amide bonds. The van der Waals surface area contributed by atoms with Crippen LogP contribution in [0.4, 0.5) is 11.4 Å². The van der Waals surface area contributed by atoms with Crippen LogP contribution in [0.1, 0.15) is 57.1 Å². The van der Waals surface area contributed by atoms with Gasteiger partial charge in [-0.2, -0.15) is 0 Å².